The molecule has 0 amide bonds. The van der Waals surface area contributed by atoms with E-state index in [1.165, 1.54) is 7.11 Å². The van der Waals surface area contributed by atoms with Crippen molar-refractivity contribution in [2.24, 2.45) is 0 Å². The minimum Gasteiger partial charge on any atom is -0.486 e. The number of hydrogen-bond acceptors (Lipinski definition) is 7. The zero-order chi connectivity index (χ0) is 21.7. The lowest BCUT2D eigenvalue weighted by Gasteiger charge is -2.18. The third-order valence-corrected chi connectivity index (χ3v) is 4.98. The van der Waals surface area contributed by atoms with Gasteiger partial charge in [0, 0.05) is 29.9 Å². The highest BCUT2D eigenvalue weighted by Gasteiger charge is 2.20. The SMILES string of the molecule is COC(=O)CCCn1c(C)cc(C(=O)COC(=O)c2ccc3c(c2)OCCO3)c1C. The van der Waals surface area contributed by atoms with Crippen LogP contribution in [0.2, 0.25) is 0 Å². The number of esters is 2. The maximum absolute atomic E-state index is 12.6. The predicted molar refractivity (Wildman–Crippen MR) is 107 cm³/mol. The summed E-state index contributed by atoms with van der Waals surface area (Å²) in [5, 5.41) is 0. The molecule has 0 saturated heterocycles. The molecule has 0 spiro atoms. The van der Waals surface area contributed by atoms with Crippen LogP contribution in [-0.4, -0.2) is 49.2 Å². The molecule has 8 heteroatoms. The third kappa shape index (κ3) is 4.82. The van der Waals surface area contributed by atoms with Gasteiger partial charge in [0.2, 0.25) is 5.78 Å². The third-order valence-electron chi connectivity index (χ3n) is 4.98. The van der Waals surface area contributed by atoms with Crippen molar-refractivity contribution in [3.63, 3.8) is 0 Å². The molecule has 2 heterocycles. The summed E-state index contributed by atoms with van der Waals surface area (Å²) in [5.41, 5.74) is 2.47. The number of Topliss-reactive ketones (excluding diaryl/α,β-unsaturated/α-hetero) is 1. The van der Waals surface area contributed by atoms with Gasteiger partial charge < -0.3 is 23.5 Å². The molecule has 0 atom stereocenters. The van der Waals surface area contributed by atoms with Crippen molar-refractivity contribution in [3.05, 3.63) is 46.8 Å². The molecule has 1 aliphatic rings. The summed E-state index contributed by atoms with van der Waals surface area (Å²) >= 11 is 0. The summed E-state index contributed by atoms with van der Waals surface area (Å²) in [6, 6.07) is 6.55. The van der Waals surface area contributed by atoms with Gasteiger partial charge >= 0.3 is 11.9 Å². The van der Waals surface area contributed by atoms with Crippen LogP contribution in [0.15, 0.2) is 24.3 Å². The number of methoxy groups -OCH3 is 1. The minimum absolute atomic E-state index is 0.264. The van der Waals surface area contributed by atoms with E-state index in [1.807, 2.05) is 18.4 Å². The summed E-state index contributed by atoms with van der Waals surface area (Å²) in [7, 11) is 1.36. The molecule has 0 aliphatic carbocycles. The number of nitrogens with zero attached hydrogens (tertiary/aromatic N) is 1. The van der Waals surface area contributed by atoms with Gasteiger partial charge in [0.05, 0.1) is 12.7 Å². The van der Waals surface area contributed by atoms with Crippen LogP contribution in [0.4, 0.5) is 0 Å². The van der Waals surface area contributed by atoms with Crippen LogP contribution in [-0.2, 0) is 20.8 Å². The van der Waals surface area contributed by atoms with Crippen LogP contribution >= 0.6 is 0 Å². The molecule has 1 aromatic carbocycles. The number of aryl methyl sites for hydroxylation is 1. The highest BCUT2D eigenvalue weighted by atomic mass is 16.6. The van der Waals surface area contributed by atoms with Crippen LogP contribution in [0.25, 0.3) is 0 Å². The van der Waals surface area contributed by atoms with Crippen molar-refractivity contribution >= 4 is 17.7 Å². The monoisotopic (exact) mass is 415 g/mol. The fourth-order valence-corrected chi connectivity index (χ4v) is 3.37. The molecule has 0 bridgehead atoms. The standard InChI is InChI=1S/C22H25NO7/c1-14-11-17(15(2)23(14)8-4-5-21(25)27-3)18(24)13-30-22(26)16-6-7-19-20(12-16)29-10-9-28-19/h6-7,11-12H,4-5,8-10,13H2,1-3H3. The van der Waals surface area contributed by atoms with Crippen molar-refractivity contribution in [1.82, 2.24) is 4.57 Å². The zero-order valence-electron chi connectivity index (χ0n) is 17.4. The lowest BCUT2D eigenvalue weighted by atomic mass is 10.1. The number of rotatable bonds is 8. The first-order valence-corrected chi connectivity index (χ1v) is 9.74. The molecule has 1 aromatic heterocycles. The molecule has 0 unspecified atom stereocenters. The van der Waals surface area contributed by atoms with Gasteiger partial charge in [-0.15, -0.1) is 0 Å². The first-order valence-electron chi connectivity index (χ1n) is 9.74. The van der Waals surface area contributed by atoms with Gasteiger partial charge in [-0.25, -0.2) is 4.79 Å². The Hall–Kier alpha value is -3.29. The second-order valence-electron chi connectivity index (χ2n) is 6.97. The first-order chi connectivity index (χ1) is 14.4. The molecule has 160 valence electrons. The van der Waals surface area contributed by atoms with Crippen LogP contribution in [0.5, 0.6) is 11.5 Å². The molecule has 0 fully saturated rings. The Kier molecular flexibility index (Phi) is 6.76. The Bertz CT molecular complexity index is 961. The predicted octanol–water partition coefficient (Wildman–Crippen LogP) is 2.87. The first kappa shape index (κ1) is 21.4. The summed E-state index contributed by atoms with van der Waals surface area (Å²) < 4.78 is 22.7. The highest BCUT2D eigenvalue weighted by Crippen LogP contribution is 2.31. The maximum atomic E-state index is 12.6. The highest BCUT2D eigenvalue weighted by molar-refractivity contribution is 6.00. The Morgan fingerprint density at radius 1 is 1.07 bits per heavy atom. The van der Waals surface area contributed by atoms with Gasteiger partial charge in [-0.05, 0) is 44.5 Å². The summed E-state index contributed by atoms with van der Waals surface area (Å²) in [6.45, 7) is 4.84. The smallest absolute Gasteiger partial charge is 0.338 e. The summed E-state index contributed by atoms with van der Waals surface area (Å²) in [5.74, 6) is -0.0914. The van der Waals surface area contributed by atoms with Crippen LogP contribution in [0.3, 0.4) is 0 Å². The number of benzene rings is 1. The second kappa shape index (κ2) is 9.47. The Morgan fingerprint density at radius 2 is 1.80 bits per heavy atom. The maximum Gasteiger partial charge on any atom is 0.338 e. The fraction of sp³-hybridized carbons (Fsp3) is 0.409. The van der Waals surface area contributed by atoms with Gasteiger partial charge in [-0.3, -0.25) is 9.59 Å². The number of aromatic nitrogens is 1. The average Bonchev–Trinajstić information content (AvgIpc) is 3.05. The molecule has 2 aromatic rings. The van der Waals surface area contributed by atoms with Crippen LogP contribution < -0.4 is 9.47 Å². The van der Waals surface area contributed by atoms with Crippen molar-refractivity contribution in [2.75, 3.05) is 26.9 Å². The molecular weight excluding hydrogens is 390 g/mol. The number of carbonyl (C=O) groups excluding carboxylic acids is 3. The molecule has 3 rings (SSSR count). The van der Waals surface area contributed by atoms with Crippen molar-refractivity contribution < 1.29 is 33.3 Å². The van der Waals surface area contributed by atoms with Crippen molar-refractivity contribution in [2.45, 2.75) is 33.2 Å². The summed E-state index contributed by atoms with van der Waals surface area (Å²) in [4.78, 5) is 36.2. The lowest BCUT2D eigenvalue weighted by molar-refractivity contribution is -0.140. The van der Waals surface area contributed by atoms with E-state index >= 15 is 0 Å². The van der Waals surface area contributed by atoms with E-state index in [1.54, 1.807) is 24.3 Å². The molecule has 0 N–H and O–H groups in total. The van der Waals surface area contributed by atoms with Gasteiger partial charge in [0.25, 0.3) is 0 Å². The van der Waals surface area contributed by atoms with E-state index in [2.05, 4.69) is 4.74 Å². The number of ketones is 1. The van der Waals surface area contributed by atoms with Crippen molar-refractivity contribution in [1.29, 1.82) is 0 Å². The number of ether oxygens (including phenoxy) is 4. The topological polar surface area (TPSA) is 93.1 Å². The molecule has 0 radical (unpaired) electrons. The molecule has 0 saturated carbocycles. The van der Waals surface area contributed by atoms with Gasteiger partial charge in [-0.1, -0.05) is 0 Å². The van der Waals surface area contributed by atoms with E-state index in [0.717, 1.165) is 11.4 Å². The molecular formula is C22H25NO7. The van der Waals surface area contributed by atoms with E-state index in [9.17, 15) is 14.4 Å². The van der Waals surface area contributed by atoms with E-state index in [4.69, 9.17) is 14.2 Å². The Morgan fingerprint density at radius 3 is 2.53 bits per heavy atom. The minimum atomic E-state index is -0.604. The number of fused-ring (bicyclic) bond motifs is 1. The largest absolute Gasteiger partial charge is 0.486 e. The molecule has 8 nitrogen and oxygen atoms in total. The fourth-order valence-electron chi connectivity index (χ4n) is 3.37. The Balaban J connectivity index is 1.60. The molecule has 30 heavy (non-hydrogen) atoms. The van der Waals surface area contributed by atoms with Gasteiger partial charge in [-0.2, -0.15) is 0 Å². The van der Waals surface area contributed by atoms with Crippen LogP contribution in [0.1, 0.15) is 44.9 Å². The quantitative estimate of drug-likeness (QED) is 0.483. The summed E-state index contributed by atoms with van der Waals surface area (Å²) in [6.07, 6.45) is 0.916. The van der Waals surface area contributed by atoms with E-state index in [-0.39, 0.29) is 18.4 Å². The molecule has 1 aliphatic heterocycles. The van der Waals surface area contributed by atoms with Gasteiger partial charge in [0.1, 0.15) is 13.2 Å². The van der Waals surface area contributed by atoms with E-state index in [0.29, 0.717) is 55.2 Å². The normalized spacial score (nSPS) is 12.4. The average molecular weight is 415 g/mol. The Labute approximate surface area is 174 Å². The van der Waals surface area contributed by atoms with Gasteiger partial charge in [0.15, 0.2) is 18.1 Å². The number of carbonyl (C=O) groups is 3. The number of hydrogen-bond donors (Lipinski definition) is 0. The second-order valence-corrected chi connectivity index (χ2v) is 6.97. The lowest BCUT2D eigenvalue weighted by Crippen LogP contribution is -2.17. The van der Waals surface area contributed by atoms with Crippen molar-refractivity contribution in [3.8, 4) is 11.5 Å². The van der Waals surface area contributed by atoms with E-state index < -0.39 is 5.97 Å². The van der Waals surface area contributed by atoms with Crippen LogP contribution in [0, 0.1) is 13.8 Å². The zero-order valence-corrected chi connectivity index (χ0v) is 17.4.